The lowest BCUT2D eigenvalue weighted by Crippen LogP contribution is -2.57. The quantitative estimate of drug-likeness (QED) is 0.114. The van der Waals surface area contributed by atoms with Crippen molar-refractivity contribution in [3.63, 3.8) is 0 Å². The molecule has 3 aliphatic heterocycles. The molecule has 8 rings (SSSR count). The topological polar surface area (TPSA) is 115 Å². The second-order valence-electron chi connectivity index (χ2n) is 15.4. The van der Waals surface area contributed by atoms with Gasteiger partial charge in [-0.15, -0.1) is 0 Å². The summed E-state index contributed by atoms with van der Waals surface area (Å²) < 4.78 is 13.6. The number of benzene rings is 5. The van der Waals surface area contributed by atoms with E-state index >= 15 is 0 Å². The van der Waals surface area contributed by atoms with Crippen molar-refractivity contribution in [3.05, 3.63) is 161 Å². The summed E-state index contributed by atoms with van der Waals surface area (Å²) in [6, 6.07) is 44.2. The van der Waals surface area contributed by atoms with Gasteiger partial charge in [0.1, 0.15) is 5.54 Å². The van der Waals surface area contributed by atoms with Crippen molar-refractivity contribution in [2.45, 2.75) is 63.5 Å². The number of hydrogen-bond donors (Lipinski definition) is 4. The van der Waals surface area contributed by atoms with Gasteiger partial charge in [0.25, 0.3) is 0 Å². The average molecular weight is 766 g/mol. The molecule has 4 atom stereocenters. The Morgan fingerprint density at radius 3 is 2.14 bits per heavy atom. The van der Waals surface area contributed by atoms with E-state index in [0.717, 1.165) is 70.6 Å². The molecule has 294 valence electrons. The van der Waals surface area contributed by atoms with Gasteiger partial charge < -0.3 is 40.3 Å². The minimum Gasteiger partial charge on any atom is -0.392 e. The van der Waals surface area contributed by atoms with Crippen LogP contribution in [-0.2, 0) is 34.0 Å². The molecule has 0 saturated carbocycles. The number of piperidine rings is 1. The number of urea groups is 1. The number of ether oxygens (including phenoxy) is 2. The number of aliphatic hydroxyl groups is 1. The van der Waals surface area contributed by atoms with Crippen LogP contribution in [0.4, 0.5) is 10.5 Å². The van der Waals surface area contributed by atoms with E-state index in [1.165, 1.54) is 0 Å². The zero-order valence-corrected chi connectivity index (χ0v) is 32.3. The van der Waals surface area contributed by atoms with Crippen LogP contribution in [0.2, 0.25) is 0 Å². The zero-order valence-electron chi connectivity index (χ0n) is 32.3. The normalized spacial score (nSPS) is 21.9. The molecule has 3 amide bonds. The van der Waals surface area contributed by atoms with Crippen LogP contribution in [0.15, 0.2) is 133 Å². The number of amides is 3. The molecule has 10 heteroatoms. The first-order chi connectivity index (χ1) is 27.9. The van der Waals surface area contributed by atoms with E-state index in [0.29, 0.717) is 26.3 Å². The van der Waals surface area contributed by atoms with E-state index in [1.54, 1.807) is 0 Å². The summed E-state index contributed by atoms with van der Waals surface area (Å²) in [4.78, 5) is 30.7. The zero-order chi connectivity index (χ0) is 39.2. The summed E-state index contributed by atoms with van der Waals surface area (Å²) in [5, 5.41) is 18.8. The summed E-state index contributed by atoms with van der Waals surface area (Å²) in [6.45, 7) is 5.82. The molecule has 1 spiro atoms. The predicted octanol–water partition coefficient (Wildman–Crippen LogP) is 7.07. The van der Waals surface area contributed by atoms with Gasteiger partial charge in [-0.25, -0.2) is 4.79 Å². The van der Waals surface area contributed by atoms with E-state index in [2.05, 4.69) is 75.1 Å². The van der Waals surface area contributed by atoms with Gasteiger partial charge in [-0.2, -0.15) is 0 Å². The summed E-state index contributed by atoms with van der Waals surface area (Å²) in [5.74, 6) is 0.149. The summed E-state index contributed by atoms with van der Waals surface area (Å²) in [6.07, 6.45) is 0.502. The Labute approximate surface area is 334 Å². The molecular formula is C47H51N5O5. The van der Waals surface area contributed by atoms with Gasteiger partial charge in [0.2, 0.25) is 5.91 Å². The number of para-hydroxylation sites is 1. The number of anilines is 1. The highest BCUT2D eigenvalue weighted by Crippen LogP contribution is 2.43. The van der Waals surface area contributed by atoms with Crippen molar-refractivity contribution in [2.24, 2.45) is 5.92 Å². The lowest BCUT2D eigenvalue weighted by molar-refractivity contribution is -0.276. The number of rotatable bonds is 11. The third kappa shape index (κ3) is 8.45. The Balaban J connectivity index is 0.965. The van der Waals surface area contributed by atoms with Crippen LogP contribution >= 0.6 is 0 Å². The number of aliphatic hydroxyl groups excluding tert-OH is 1. The van der Waals surface area contributed by atoms with Gasteiger partial charge in [-0.05, 0) is 58.4 Å². The smallest absolute Gasteiger partial charge is 0.315 e. The lowest BCUT2D eigenvalue weighted by atomic mass is 9.84. The van der Waals surface area contributed by atoms with Crippen LogP contribution < -0.4 is 20.9 Å². The molecule has 0 unspecified atom stereocenters. The second kappa shape index (κ2) is 17.3. The number of likely N-dealkylation sites (tertiary alicyclic amines) is 1. The number of nitrogens with one attached hydrogen (secondary N) is 3. The Kier molecular flexibility index (Phi) is 11.7. The Morgan fingerprint density at radius 2 is 1.42 bits per heavy atom. The molecule has 3 fully saturated rings. The fraction of sp³-hybridized carbons (Fsp3) is 0.319. The molecule has 0 aliphatic carbocycles. The molecule has 0 bridgehead atoms. The van der Waals surface area contributed by atoms with E-state index < -0.39 is 11.8 Å². The van der Waals surface area contributed by atoms with E-state index in [1.807, 2.05) is 91.0 Å². The third-order valence-corrected chi connectivity index (χ3v) is 11.9. The fourth-order valence-corrected chi connectivity index (χ4v) is 8.51. The minimum absolute atomic E-state index is 0.0150. The first-order valence-electron chi connectivity index (χ1n) is 20.0. The molecule has 3 saturated heterocycles. The third-order valence-electron chi connectivity index (χ3n) is 11.9. The second-order valence-corrected chi connectivity index (χ2v) is 15.4. The molecule has 10 nitrogen and oxygen atoms in total. The van der Waals surface area contributed by atoms with Gasteiger partial charge in [-0.3, -0.25) is 4.79 Å². The van der Waals surface area contributed by atoms with Crippen LogP contribution in [0.25, 0.3) is 11.1 Å². The maximum Gasteiger partial charge on any atom is 0.315 e. The van der Waals surface area contributed by atoms with E-state index in [9.17, 15) is 14.7 Å². The number of nitrogens with zero attached hydrogens (tertiary/aromatic N) is 2. The summed E-state index contributed by atoms with van der Waals surface area (Å²) in [5.41, 5.74) is 7.45. The molecule has 3 aliphatic rings. The van der Waals surface area contributed by atoms with Crippen molar-refractivity contribution >= 4 is 17.6 Å². The SMILES string of the molecule is C[C@@H]1[C@H](CN2CCC3(CC2)C(=O)NCN3c2ccccc2)O[C@H](c2ccc(-c3ccccc3CNC(=O)NCc3ccccc3)cc2)O[C@@H]1c1ccc(CO)cc1. The highest BCUT2D eigenvalue weighted by atomic mass is 16.7. The maximum atomic E-state index is 13.3. The number of hydrogen-bond acceptors (Lipinski definition) is 7. The first kappa shape index (κ1) is 38.4. The summed E-state index contributed by atoms with van der Waals surface area (Å²) in [7, 11) is 0. The first-order valence-corrected chi connectivity index (χ1v) is 20.0. The van der Waals surface area contributed by atoms with Crippen molar-refractivity contribution in [1.82, 2.24) is 20.9 Å². The van der Waals surface area contributed by atoms with Gasteiger partial charge in [-0.1, -0.05) is 128 Å². The molecule has 0 radical (unpaired) electrons. The van der Waals surface area contributed by atoms with Crippen molar-refractivity contribution in [1.29, 1.82) is 0 Å². The molecule has 4 N–H and O–H groups in total. The molecule has 5 aromatic carbocycles. The van der Waals surface area contributed by atoms with Crippen molar-refractivity contribution < 1.29 is 24.2 Å². The molecule has 5 aromatic rings. The monoisotopic (exact) mass is 765 g/mol. The van der Waals surface area contributed by atoms with E-state index in [-0.39, 0.29) is 36.7 Å². The molecular weight excluding hydrogens is 715 g/mol. The van der Waals surface area contributed by atoms with Crippen LogP contribution in [-0.4, -0.2) is 59.9 Å². The highest BCUT2D eigenvalue weighted by molar-refractivity contribution is 5.93. The van der Waals surface area contributed by atoms with Crippen LogP contribution in [0.3, 0.4) is 0 Å². The van der Waals surface area contributed by atoms with Gasteiger partial charge >= 0.3 is 6.03 Å². The van der Waals surface area contributed by atoms with Crippen LogP contribution in [0, 0.1) is 5.92 Å². The Morgan fingerprint density at radius 1 is 0.772 bits per heavy atom. The van der Waals surface area contributed by atoms with Crippen molar-refractivity contribution in [2.75, 3.05) is 31.2 Å². The van der Waals surface area contributed by atoms with Crippen LogP contribution in [0.1, 0.15) is 60.0 Å². The van der Waals surface area contributed by atoms with Gasteiger partial charge in [0.15, 0.2) is 6.29 Å². The molecule has 0 aromatic heterocycles. The maximum absolute atomic E-state index is 13.3. The van der Waals surface area contributed by atoms with Gasteiger partial charge in [0, 0.05) is 49.9 Å². The average Bonchev–Trinajstić information content (AvgIpc) is 3.58. The minimum atomic E-state index is -0.599. The molecule has 57 heavy (non-hydrogen) atoms. The molecule has 3 heterocycles. The van der Waals surface area contributed by atoms with Crippen molar-refractivity contribution in [3.8, 4) is 11.1 Å². The number of carbonyl (C=O) groups excluding carboxylic acids is 2. The van der Waals surface area contributed by atoms with Crippen LogP contribution in [0.5, 0.6) is 0 Å². The highest BCUT2D eigenvalue weighted by Gasteiger charge is 2.51. The largest absolute Gasteiger partial charge is 0.392 e. The number of carbonyl (C=O) groups is 2. The predicted molar refractivity (Wildman–Crippen MR) is 221 cm³/mol. The fourth-order valence-electron chi connectivity index (χ4n) is 8.51. The standard InChI is InChI=1S/C47H51N5O5/c1-33-42(30-51-26-24-47(25-27-51)45(54)50-32-52(47)40-13-6-3-7-14-40)56-44(57-43(33)37-18-16-35(31-53)17-19-37)38-22-20-36(21-23-38)41-15-9-8-12-39(41)29-49-46(55)48-28-34-10-4-2-5-11-34/h2-23,33,42-44,53H,24-32H2,1H3,(H,50,54)(H2,48,49,55)/t33-,42+,43+,44+/m1/s1. The van der Waals surface area contributed by atoms with E-state index in [4.69, 9.17) is 9.47 Å². The Hall–Kier alpha value is -5.52. The lowest BCUT2D eigenvalue weighted by Gasteiger charge is -2.46. The summed E-state index contributed by atoms with van der Waals surface area (Å²) >= 11 is 0. The Bertz CT molecular complexity index is 2110. The van der Waals surface area contributed by atoms with Gasteiger partial charge in [0.05, 0.1) is 25.5 Å².